The van der Waals surface area contributed by atoms with Gasteiger partial charge < -0.3 is 10.4 Å². The normalized spacial score (nSPS) is 18.5. The zero-order valence-corrected chi connectivity index (χ0v) is 13.6. The SMILES string of the molecule is O=C(O)CN(C(=O)CN1C(=O)NC2(CCCC2)C1=O)c1ccccc1. The molecule has 0 unspecified atom stereocenters. The smallest absolute Gasteiger partial charge is 0.325 e. The number of hydrogen-bond acceptors (Lipinski definition) is 4. The molecule has 8 nitrogen and oxygen atoms in total. The number of carboxylic acid groups (broad SMARTS) is 1. The summed E-state index contributed by atoms with van der Waals surface area (Å²) in [5.74, 6) is -2.19. The molecule has 2 aliphatic rings. The van der Waals surface area contributed by atoms with E-state index < -0.39 is 42.4 Å². The van der Waals surface area contributed by atoms with E-state index in [0.717, 1.165) is 22.6 Å². The average molecular weight is 345 g/mol. The Morgan fingerprint density at radius 1 is 1.16 bits per heavy atom. The minimum Gasteiger partial charge on any atom is -0.480 e. The van der Waals surface area contributed by atoms with Crippen molar-refractivity contribution in [3.63, 3.8) is 0 Å². The molecule has 0 aromatic heterocycles. The van der Waals surface area contributed by atoms with Gasteiger partial charge in [-0.05, 0) is 25.0 Å². The Morgan fingerprint density at radius 2 is 1.80 bits per heavy atom. The van der Waals surface area contributed by atoms with Gasteiger partial charge >= 0.3 is 12.0 Å². The predicted octanol–water partition coefficient (Wildman–Crippen LogP) is 0.969. The first-order chi connectivity index (χ1) is 11.9. The monoisotopic (exact) mass is 345 g/mol. The number of nitrogens with one attached hydrogen (secondary N) is 1. The largest absolute Gasteiger partial charge is 0.480 e. The third-order valence-corrected chi connectivity index (χ3v) is 4.66. The highest BCUT2D eigenvalue weighted by atomic mass is 16.4. The summed E-state index contributed by atoms with van der Waals surface area (Å²) in [5.41, 5.74) is -0.487. The summed E-state index contributed by atoms with van der Waals surface area (Å²) in [5, 5.41) is 11.8. The summed E-state index contributed by atoms with van der Waals surface area (Å²) in [6.45, 7) is -1.02. The molecule has 8 heteroatoms. The van der Waals surface area contributed by atoms with Crippen molar-refractivity contribution in [1.82, 2.24) is 10.2 Å². The van der Waals surface area contributed by atoms with E-state index >= 15 is 0 Å². The standard InChI is InChI=1S/C17H19N3O5/c21-13(19(11-14(22)23)12-6-2-1-3-7-12)10-20-15(24)17(18-16(20)25)8-4-5-9-17/h1-3,6-7H,4-5,8-11H2,(H,18,25)(H,22,23). The van der Waals surface area contributed by atoms with Crippen molar-refractivity contribution in [3.8, 4) is 0 Å². The van der Waals surface area contributed by atoms with Crippen molar-refractivity contribution >= 4 is 29.5 Å². The highest BCUT2D eigenvalue weighted by Gasteiger charge is 2.52. The summed E-state index contributed by atoms with van der Waals surface area (Å²) >= 11 is 0. The molecule has 25 heavy (non-hydrogen) atoms. The molecule has 132 valence electrons. The summed E-state index contributed by atoms with van der Waals surface area (Å²) in [7, 11) is 0. The Morgan fingerprint density at radius 3 is 2.40 bits per heavy atom. The zero-order chi connectivity index (χ0) is 18.0. The molecule has 1 saturated carbocycles. The lowest BCUT2D eigenvalue weighted by Gasteiger charge is -2.24. The van der Waals surface area contributed by atoms with Gasteiger partial charge in [-0.3, -0.25) is 24.2 Å². The first kappa shape index (κ1) is 16.9. The van der Waals surface area contributed by atoms with E-state index in [1.165, 1.54) is 0 Å². The first-order valence-corrected chi connectivity index (χ1v) is 8.14. The van der Waals surface area contributed by atoms with E-state index in [-0.39, 0.29) is 0 Å². The fraction of sp³-hybridized carbons (Fsp3) is 0.412. The minimum absolute atomic E-state index is 0.397. The van der Waals surface area contributed by atoms with Crippen LogP contribution in [0.4, 0.5) is 10.5 Å². The Labute approximate surface area is 144 Å². The molecule has 1 aliphatic carbocycles. The lowest BCUT2D eigenvalue weighted by Crippen LogP contribution is -2.47. The summed E-state index contributed by atoms with van der Waals surface area (Å²) in [6, 6.07) is 7.71. The molecule has 2 fully saturated rings. The molecule has 0 radical (unpaired) electrons. The molecule has 3 rings (SSSR count). The number of anilines is 1. The van der Waals surface area contributed by atoms with Crippen molar-refractivity contribution in [2.24, 2.45) is 0 Å². The Balaban J connectivity index is 1.78. The fourth-order valence-electron chi connectivity index (χ4n) is 3.42. The van der Waals surface area contributed by atoms with Crippen LogP contribution in [0.1, 0.15) is 25.7 Å². The first-order valence-electron chi connectivity index (χ1n) is 8.14. The lowest BCUT2D eigenvalue weighted by molar-refractivity contribution is -0.137. The predicted molar refractivity (Wildman–Crippen MR) is 87.9 cm³/mol. The summed E-state index contributed by atoms with van der Waals surface area (Å²) in [6.07, 6.45) is 2.84. The number of hydrogen-bond donors (Lipinski definition) is 2. The molecule has 1 heterocycles. The number of para-hydroxylation sites is 1. The van der Waals surface area contributed by atoms with Gasteiger partial charge in [0.05, 0.1) is 0 Å². The van der Waals surface area contributed by atoms with Crippen molar-refractivity contribution in [1.29, 1.82) is 0 Å². The maximum absolute atomic E-state index is 12.6. The van der Waals surface area contributed by atoms with Crippen molar-refractivity contribution < 1.29 is 24.3 Å². The number of carbonyl (C=O) groups is 4. The number of carboxylic acids is 1. The van der Waals surface area contributed by atoms with Gasteiger partial charge in [-0.2, -0.15) is 0 Å². The highest BCUT2D eigenvalue weighted by Crippen LogP contribution is 2.35. The molecular formula is C17H19N3O5. The van der Waals surface area contributed by atoms with E-state index in [2.05, 4.69) is 5.32 Å². The third-order valence-electron chi connectivity index (χ3n) is 4.66. The third kappa shape index (κ3) is 3.19. The Kier molecular flexibility index (Phi) is 4.43. The second-order valence-electron chi connectivity index (χ2n) is 6.32. The van der Waals surface area contributed by atoms with Gasteiger partial charge in [0, 0.05) is 5.69 Å². The number of nitrogens with zero attached hydrogens (tertiary/aromatic N) is 2. The van der Waals surface area contributed by atoms with Crippen LogP contribution in [0.2, 0.25) is 0 Å². The molecule has 1 saturated heterocycles. The van der Waals surface area contributed by atoms with Crippen LogP contribution in [-0.4, -0.2) is 52.4 Å². The minimum atomic E-state index is -1.18. The van der Waals surface area contributed by atoms with Gasteiger partial charge in [0.25, 0.3) is 5.91 Å². The van der Waals surface area contributed by atoms with Gasteiger partial charge in [-0.1, -0.05) is 31.0 Å². The molecule has 2 N–H and O–H groups in total. The number of carbonyl (C=O) groups excluding carboxylic acids is 3. The summed E-state index contributed by atoms with van der Waals surface area (Å²) in [4.78, 5) is 50.5. The molecule has 1 spiro atoms. The van der Waals surface area contributed by atoms with Crippen LogP contribution < -0.4 is 10.2 Å². The number of benzene rings is 1. The second-order valence-corrected chi connectivity index (χ2v) is 6.32. The number of amides is 4. The van der Waals surface area contributed by atoms with E-state index in [1.54, 1.807) is 30.3 Å². The van der Waals surface area contributed by atoms with Crippen LogP contribution in [0.3, 0.4) is 0 Å². The van der Waals surface area contributed by atoms with Gasteiger partial charge in [-0.15, -0.1) is 0 Å². The van der Waals surface area contributed by atoms with Gasteiger partial charge in [0.2, 0.25) is 5.91 Å². The average Bonchev–Trinajstić information content (AvgIpc) is 3.14. The van der Waals surface area contributed by atoms with E-state index in [0.29, 0.717) is 18.5 Å². The Hall–Kier alpha value is -2.90. The summed E-state index contributed by atoms with van der Waals surface area (Å²) < 4.78 is 0. The molecule has 1 aliphatic heterocycles. The number of urea groups is 1. The quantitative estimate of drug-likeness (QED) is 0.773. The van der Waals surface area contributed by atoms with E-state index in [1.807, 2.05) is 0 Å². The van der Waals surface area contributed by atoms with Crippen molar-refractivity contribution in [2.45, 2.75) is 31.2 Å². The molecule has 0 bridgehead atoms. The molecular weight excluding hydrogens is 326 g/mol. The van der Waals surface area contributed by atoms with Crippen LogP contribution in [-0.2, 0) is 14.4 Å². The van der Waals surface area contributed by atoms with Crippen LogP contribution >= 0.6 is 0 Å². The highest BCUT2D eigenvalue weighted by molar-refractivity contribution is 6.11. The van der Waals surface area contributed by atoms with Gasteiger partial charge in [-0.25, -0.2) is 4.79 Å². The topological polar surface area (TPSA) is 107 Å². The van der Waals surface area contributed by atoms with Crippen LogP contribution in [0.5, 0.6) is 0 Å². The Bertz CT molecular complexity index is 712. The molecule has 0 atom stereocenters. The number of rotatable bonds is 5. The number of aliphatic carboxylic acids is 1. The van der Waals surface area contributed by atoms with Gasteiger partial charge in [0.1, 0.15) is 18.6 Å². The maximum atomic E-state index is 12.6. The number of imide groups is 1. The maximum Gasteiger partial charge on any atom is 0.325 e. The zero-order valence-electron chi connectivity index (χ0n) is 13.6. The fourth-order valence-corrected chi connectivity index (χ4v) is 3.42. The van der Waals surface area contributed by atoms with E-state index in [9.17, 15) is 19.2 Å². The molecule has 4 amide bonds. The van der Waals surface area contributed by atoms with Crippen molar-refractivity contribution in [2.75, 3.05) is 18.0 Å². The van der Waals surface area contributed by atoms with Crippen LogP contribution in [0, 0.1) is 0 Å². The lowest BCUT2D eigenvalue weighted by atomic mass is 9.98. The van der Waals surface area contributed by atoms with E-state index in [4.69, 9.17) is 5.11 Å². The van der Waals surface area contributed by atoms with Crippen LogP contribution in [0.25, 0.3) is 0 Å². The molecule has 1 aromatic rings. The second kappa shape index (κ2) is 6.54. The van der Waals surface area contributed by atoms with Gasteiger partial charge in [0.15, 0.2) is 0 Å². The van der Waals surface area contributed by atoms with Crippen LogP contribution in [0.15, 0.2) is 30.3 Å². The molecule has 1 aromatic carbocycles. The van der Waals surface area contributed by atoms with Crippen molar-refractivity contribution in [3.05, 3.63) is 30.3 Å².